The number of carbonyl (C=O) groups excluding carboxylic acids is 3. The molecule has 0 bridgehead atoms. The number of rotatable bonds is 5. The maximum Gasteiger partial charge on any atom is 0.424 e. The molecule has 0 fully saturated rings. The van der Waals surface area contributed by atoms with Crippen LogP contribution in [0.3, 0.4) is 0 Å². The van der Waals surface area contributed by atoms with Crippen LogP contribution in [0.4, 0.5) is 29.7 Å². The van der Waals surface area contributed by atoms with Gasteiger partial charge in [-0.1, -0.05) is 17.7 Å². The molecule has 0 atom stereocenters. The van der Waals surface area contributed by atoms with Gasteiger partial charge in [0, 0.05) is 24.1 Å². The van der Waals surface area contributed by atoms with E-state index in [4.69, 9.17) is 21.1 Å². The minimum atomic E-state index is -1.40. The van der Waals surface area contributed by atoms with Gasteiger partial charge in [0.2, 0.25) is 0 Å². The predicted molar refractivity (Wildman–Crippen MR) is 127 cm³/mol. The van der Waals surface area contributed by atoms with Crippen molar-refractivity contribution >= 4 is 40.9 Å². The first-order chi connectivity index (χ1) is 16.4. The van der Waals surface area contributed by atoms with Crippen LogP contribution in [0.5, 0.6) is 0 Å². The third-order valence-electron chi connectivity index (χ3n) is 4.33. The number of nitro benzene ring substituents is 1. The van der Waals surface area contributed by atoms with Crippen LogP contribution < -0.4 is 4.90 Å². The number of Topliss-reactive ketones (excluding diaryl/α,β-unsaturated/α-hetero) is 1. The van der Waals surface area contributed by atoms with E-state index < -0.39 is 69.1 Å². The number of amides is 2. The molecule has 0 heterocycles. The van der Waals surface area contributed by atoms with Crippen molar-refractivity contribution in [2.24, 2.45) is 0 Å². The number of benzene rings is 2. The van der Waals surface area contributed by atoms with Gasteiger partial charge < -0.3 is 9.47 Å². The Morgan fingerprint density at radius 2 is 1.50 bits per heavy atom. The Morgan fingerprint density at radius 3 is 1.97 bits per heavy atom. The molecule has 0 N–H and O–H groups in total. The highest BCUT2D eigenvalue weighted by atomic mass is 35.5. The number of non-ortho nitro benzene ring substituents is 1. The molecule has 0 saturated carbocycles. The number of carbonyl (C=O) groups is 3. The van der Waals surface area contributed by atoms with E-state index in [9.17, 15) is 28.9 Å². The van der Waals surface area contributed by atoms with Crippen molar-refractivity contribution in [3.8, 4) is 0 Å². The number of imide groups is 1. The number of nitro groups is 1. The molecule has 0 aliphatic rings. The molecule has 0 aromatic heterocycles. The van der Waals surface area contributed by atoms with E-state index in [1.807, 2.05) is 0 Å². The van der Waals surface area contributed by atoms with Crippen molar-refractivity contribution in [2.75, 3.05) is 4.90 Å². The molecular weight excluding hydrogens is 502 g/mol. The first-order valence-corrected chi connectivity index (χ1v) is 11.0. The van der Waals surface area contributed by atoms with Crippen LogP contribution in [-0.4, -0.2) is 34.1 Å². The molecular formula is C24H25ClF2N2O7. The zero-order valence-electron chi connectivity index (χ0n) is 20.5. The molecule has 12 heteroatoms. The summed E-state index contributed by atoms with van der Waals surface area (Å²) in [5.41, 5.74) is -4.44. The van der Waals surface area contributed by atoms with Crippen LogP contribution >= 0.6 is 11.6 Å². The molecule has 2 rings (SSSR count). The Labute approximate surface area is 211 Å². The third kappa shape index (κ3) is 7.20. The summed E-state index contributed by atoms with van der Waals surface area (Å²) >= 11 is 5.99. The number of ether oxygens (including phenoxy) is 2. The fourth-order valence-corrected chi connectivity index (χ4v) is 3.13. The van der Waals surface area contributed by atoms with E-state index in [2.05, 4.69) is 0 Å². The van der Waals surface area contributed by atoms with Crippen LogP contribution in [0.15, 0.2) is 30.3 Å². The molecule has 2 amide bonds. The Bertz CT molecular complexity index is 1190. The summed E-state index contributed by atoms with van der Waals surface area (Å²) in [6.07, 6.45) is -3.52. The van der Waals surface area contributed by atoms with Crippen molar-refractivity contribution in [1.82, 2.24) is 0 Å². The van der Waals surface area contributed by atoms with Gasteiger partial charge in [0.15, 0.2) is 17.4 Å². The molecule has 0 spiro atoms. The maximum atomic E-state index is 15.6. The normalized spacial score (nSPS) is 11.6. The van der Waals surface area contributed by atoms with Crippen molar-refractivity contribution in [2.45, 2.75) is 59.2 Å². The number of hydrogen-bond donors (Lipinski definition) is 0. The van der Waals surface area contributed by atoms with Gasteiger partial charge in [0.05, 0.1) is 9.95 Å². The zero-order chi connectivity index (χ0) is 27.6. The number of halogens is 3. The lowest BCUT2D eigenvalue weighted by atomic mass is 10.0. The van der Waals surface area contributed by atoms with Gasteiger partial charge in [-0.15, -0.1) is 0 Å². The minimum absolute atomic E-state index is 0.0788. The predicted octanol–water partition coefficient (Wildman–Crippen LogP) is 6.63. The molecule has 36 heavy (non-hydrogen) atoms. The lowest BCUT2D eigenvalue weighted by Gasteiger charge is -2.29. The first kappa shape index (κ1) is 28.6. The lowest BCUT2D eigenvalue weighted by molar-refractivity contribution is -0.384. The van der Waals surface area contributed by atoms with Crippen LogP contribution in [0.25, 0.3) is 0 Å². The lowest BCUT2D eigenvalue weighted by Crippen LogP contribution is -2.44. The fraction of sp³-hybridized carbons (Fsp3) is 0.375. The number of anilines is 1. The highest BCUT2D eigenvalue weighted by Crippen LogP contribution is 2.31. The summed E-state index contributed by atoms with van der Waals surface area (Å²) in [5.74, 6) is -3.52. The second-order valence-corrected chi connectivity index (χ2v) is 10.1. The van der Waals surface area contributed by atoms with E-state index in [0.29, 0.717) is 0 Å². The molecule has 0 aliphatic heterocycles. The van der Waals surface area contributed by atoms with Crippen LogP contribution in [0.2, 0.25) is 5.02 Å². The molecule has 0 unspecified atom stereocenters. The standard InChI is InChI=1S/C24H25ClF2N2O7/c1-23(2,3)35-21(31)28(22(32)36-24(4,5)6)20-17(26)10-7-13(19(20)27)11-18(30)15-12-14(29(33)34)8-9-16(15)25/h7-10,12H,11H2,1-6H3. The van der Waals surface area contributed by atoms with Crippen molar-refractivity contribution < 1.29 is 37.6 Å². The Hall–Kier alpha value is -3.60. The number of hydrogen-bond acceptors (Lipinski definition) is 7. The van der Waals surface area contributed by atoms with Gasteiger partial charge in [0.25, 0.3) is 5.69 Å². The van der Waals surface area contributed by atoms with E-state index in [-0.39, 0.29) is 15.5 Å². The van der Waals surface area contributed by atoms with Crippen molar-refractivity contribution in [3.63, 3.8) is 0 Å². The van der Waals surface area contributed by atoms with E-state index in [1.54, 1.807) is 0 Å². The third-order valence-corrected chi connectivity index (χ3v) is 4.66. The second-order valence-electron chi connectivity index (χ2n) is 9.69. The smallest absolute Gasteiger partial charge is 0.424 e. The first-order valence-electron chi connectivity index (χ1n) is 10.6. The summed E-state index contributed by atoms with van der Waals surface area (Å²) in [4.78, 5) is 48.8. The van der Waals surface area contributed by atoms with Crippen LogP contribution in [0.1, 0.15) is 57.5 Å². The number of nitrogens with zero attached hydrogens (tertiary/aromatic N) is 2. The summed E-state index contributed by atoms with van der Waals surface area (Å²) in [7, 11) is 0. The Kier molecular flexibility index (Phi) is 8.41. The van der Waals surface area contributed by atoms with Crippen LogP contribution in [-0.2, 0) is 15.9 Å². The van der Waals surface area contributed by atoms with Gasteiger partial charge in [-0.3, -0.25) is 14.9 Å². The summed E-state index contributed by atoms with van der Waals surface area (Å²) in [6.45, 7) is 8.93. The average molecular weight is 527 g/mol. The highest BCUT2D eigenvalue weighted by molar-refractivity contribution is 6.34. The number of ketones is 1. The fourth-order valence-electron chi connectivity index (χ4n) is 2.91. The topological polar surface area (TPSA) is 116 Å². The molecule has 0 radical (unpaired) electrons. The molecule has 0 aliphatic carbocycles. The molecule has 194 valence electrons. The van der Waals surface area contributed by atoms with E-state index in [0.717, 1.165) is 30.3 Å². The van der Waals surface area contributed by atoms with Gasteiger partial charge in [-0.05, 0) is 59.2 Å². The molecule has 0 saturated heterocycles. The summed E-state index contributed by atoms with van der Waals surface area (Å²) in [5, 5.41) is 10.9. The highest BCUT2D eigenvalue weighted by Gasteiger charge is 2.37. The minimum Gasteiger partial charge on any atom is -0.443 e. The van der Waals surface area contributed by atoms with E-state index in [1.165, 1.54) is 41.5 Å². The molecule has 2 aromatic rings. The van der Waals surface area contributed by atoms with Crippen molar-refractivity contribution in [3.05, 3.63) is 68.2 Å². The van der Waals surface area contributed by atoms with Crippen LogP contribution in [0, 0.1) is 21.7 Å². The SMILES string of the molecule is CC(C)(C)OC(=O)N(C(=O)OC(C)(C)C)c1c(F)ccc(CC(=O)c2cc([N+](=O)[O-])ccc2Cl)c1F. The monoisotopic (exact) mass is 526 g/mol. The Balaban J connectivity index is 2.57. The maximum absolute atomic E-state index is 15.6. The molecule has 2 aromatic carbocycles. The van der Waals surface area contributed by atoms with Gasteiger partial charge in [0.1, 0.15) is 16.9 Å². The van der Waals surface area contributed by atoms with Gasteiger partial charge >= 0.3 is 12.2 Å². The summed E-state index contributed by atoms with van der Waals surface area (Å²) < 4.78 is 40.7. The van der Waals surface area contributed by atoms with Gasteiger partial charge in [-0.25, -0.2) is 18.4 Å². The van der Waals surface area contributed by atoms with Crippen molar-refractivity contribution in [1.29, 1.82) is 0 Å². The average Bonchev–Trinajstić information content (AvgIpc) is 2.70. The largest absolute Gasteiger partial charge is 0.443 e. The quantitative estimate of drug-likeness (QED) is 0.244. The summed E-state index contributed by atoms with van der Waals surface area (Å²) in [6, 6.07) is 4.87. The van der Waals surface area contributed by atoms with E-state index >= 15 is 4.39 Å². The zero-order valence-corrected chi connectivity index (χ0v) is 21.2. The van der Waals surface area contributed by atoms with Gasteiger partial charge in [-0.2, -0.15) is 4.90 Å². The second kappa shape index (κ2) is 10.6. The Morgan fingerprint density at radius 1 is 0.972 bits per heavy atom. The molecule has 9 nitrogen and oxygen atoms in total.